The van der Waals surface area contributed by atoms with E-state index in [9.17, 15) is 0 Å². The molecule has 1 aliphatic carbocycles. The van der Waals surface area contributed by atoms with Gasteiger partial charge in [0.15, 0.2) is 0 Å². The summed E-state index contributed by atoms with van der Waals surface area (Å²) in [6, 6.07) is 67.0. The molecule has 0 radical (unpaired) electrons. The Balaban J connectivity index is 1.11. The predicted octanol–water partition coefficient (Wildman–Crippen LogP) is 13.5. The average molecular weight is 677 g/mol. The van der Waals surface area contributed by atoms with E-state index in [0.717, 1.165) is 5.69 Å². The van der Waals surface area contributed by atoms with Crippen molar-refractivity contribution in [3.8, 4) is 44.8 Å². The average Bonchev–Trinajstić information content (AvgIpc) is 3.81. The summed E-state index contributed by atoms with van der Waals surface area (Å²) in [7, 11) is 0. The number of hydrogen-bond acceptors (Lipinski definition) is 0. The summed E-state index contributed by atoms with van der Waals surface area (Å²) in [4.78, 5) is 0. The van der Waals surface area contributed by atoms with Crippen LogP contribution in [0.1, 0.15) is 25.0 Å². The molecule has 10 aromatic rings. The molecule has 0 N–H and O–H groups in total. The molecule has 0 saturated heterocycles. The van der Waals surface area contributed by atoms with Crippen LogP contribution in [-0.2, 0) is 5.41 Å². The third kappa shape index (κ3) is 4.33. The van der Waals surface area contributed by atoms with Gasteiger partial charge >= 0.3 is 0 Å². The molecular weight excluding hydrogens is 641 g/mol. The lowest BCUT2D eigenvalue weighted by molar-refractivity contribution is 0.660. The Morgan fingerprint density at radius 1 is 0.358 bits per heavy atom. The van der Waals surface area contributed by atoms with Gasteiger partial charge < -0.3 is 9.13 Å². The van der Waals surface area contributed by atoms with Gasteiger partial charge in [-0.25, -0.2) is 0 Å². The molecule has 0 saturated carbocycles. The van der Waals surface area contributed by atoms with Crippen LogP contribution in [0.3, 0.4) is 0 Å². The largest absolute Gasteiger partial charge is 0.309 e. The van der Waals surface area contributed by atoms with E-state index in [4.69, 9.17) is 0 Å². The quantitative estimate of drug-likeness (QED) is 0.176. The maximum Gasteiger partial charge on any atom is 0.0641 e. The second kappa shape index (κ2) is 11.2. The van der Waals surface area contributed by atoms with Crippen molar-refractivity contribution in [2.75, 3.05) is 0 Å². The summed E-state index contributed by atoms with van der Waals surface area (Å²) in [5, 5.41) is 5.07. The van der Waals surface area contributed by atoms with E-state index in [2.05, 4.69) is 205 Å². The van der Waals surface area contributed by atoms with Gasteiger partial charge in [0.05, 0.1) is 22.1 Å². The minimum absolute atomic E-state index is 0.0812. The fourth-order valence-electron chi connectivity index (χ4n) is 9.18. The minimum Gasteiger partial charge on any atom is -0.309 e. The summed E-state index contributed by atoms with van der Waals surface area (Å²) in [5.74, 6) is 0. The van der Waals surface area contributed by atoms with Crippen LogP contribution in [0.4, 0.5) is 0 Å². The first-order chi connectivity index (χ1) is 26.1. The molecule has 0 atom stereocenters. The lowest BCUT2D eigenvalue weighted by Gasteiger charge is -2.22. The molecule has 2 nitrogen and oxygen atoms in total. The van der Waals surface area contributed by atoms with Crippen molar-refractivity contribution < 1.29 is 0 Å². The Kier molecular flexibility index (Phi) is 6.33. The Labute approximate surface area is 308 Å². The number of para-hydroxylation sites is 2. The van der Waals surface area contributed by atoms with Crippen LogP contribution >= 0.6 is 0 Å². The van der Waals surface area contributed by atoms with Crippen molar-refractivity contribution in [2.45, 2.75) is 19.3 Å². The summed E-state index contributed by atoms with van der Waals surface area (Å²) in [6.45, 7) is 4.73. The second-order valence-corrected chi connectivity index (χ2v) is 15.0. The van der Waals surface area contributed by atoms with E-state index in [-0.39, 0.29) is 5.41 Å². The molecule has 1 aliphatic rings. The van der Waals surface area contributed by atoms with Gasteiger partial charge in [-0.1, -0.05) is 153 Å². The van der Waals surface area contributed by atoms with Crippen LogP contribution in [0, 0.1) is 0 Å². The van der Waals surface area contributed by atoms with E-state index in [1.807, 2.05) is 0 Å². The van der Waals surface area contributed by atoms with E-state index >= 15 is 0 Å². The molecule has 0 spiro atoms. The Bertz CT molecular complexity index is 3050. The van der Waals surface area contributed by atoms with Crippen molar-refractivity contribution >= 4 is 43.6 Å². The van der Waals surface area contributed by atoms with Crippen LogP contribution in [-0.4, -0.2) is 9.13 Å². The molecule has 0 aliphatic heterocycles. The number of nitrogens with zero attached hydrogens (tertiary/aromatic N) is 2. The summed E-state index contributed by atoms with van der Waals surface area (Å²) < 4.78 is 4.96. The molecule has 0 fully saturated rings. The molecule has 53 heavy (non-hydrogen) atoms. The molecule has 11 rings (SSSR count). The van der Waals surface area contributed by atoms with Crippen LogP contribution in [0.25, 0.3) is 88.4 Å². The summed E-state index contributed by atoms with van der Waals surface area (Å²) >= 11 is 0. The maximum atomic E-state index is 2.52. The zero-order valence-corrected chi connectivity index (χ0v) is 29.7. The third-order valence-corrected chi connectivity index (χ3v) is 11.7. The van der Waals surface area contributed by atoms with Gasteiger partial charge in [0.25, 0.3) is 0 Å². The molecule has 0 bridgehead atoms. The SMILES string of the molecule is CC1(C)c2ccccc2-c2ccc(-n3c4ccccc4c4ccc5c(c6ccccc6n5-c5ccc(-c6ccc(-c7ccccc7)cc6)cc5)c43)cc21. The number of rotatable bonds is 4. The van der Waals surface area contributed by atoms with Crippen molar-refractivity contribution in [1.29, 1.82) is 0 Å². The van der Waals surface area contributed by atoms with Crippen LogP contribution in [0.2, 0.25) is 0 Å². The first kappa shape index (κ1) is 30.0. The second-order valence-electron chi connectivity index (χ2n) is 15.0. The lowest BCUT2D eigenvalue weighted by Crippen LogP contribution is -2.15. The van der Waals surface area contributed by atoms with Gasteiger partial charge in [0, 0.05) is 38.3 Å². The van der Waals surface area contributed by atoms with Gasteiger partial charge in [0.1, 0.15) is 0 Å². The summed E-state index contributed by atoms with van der Waals surface area (Å²) in [5.41, 5.74) is 17.5. The third-order valence-electron chi connectivity index (χ3n) is 11.7. The number of benzene rings is 8. The van der Waals surface area contributed by atoms with Gasteiger partial charge in [-0.15, -0.1) is 0 Å². The van der Waals surface area contributed by atoms with Crippen LogP contribution in [0.5, 0.6) is 0 Å². The molecule has 2 aromatic heterocycles. The van der Waals surface area contributed by atoms with Gasteiger partial charge in [-0.3, -0.25) is 0 Å². The summed E-state index contributed by atoms with van der Waals surface area (Å²) in [6.07, 6.45) is 0. The predicted molar refractivity (Wildman–Crippen MR) is 224 cm³/mol. The first-order valence-corrected chi connectivity index (χ1v) is 18.5. The Morgan fingerprint density at radius 3 is 1.64 bits per heavy atom. The smallest absolute Gasteiger partial charge is 0.0641 e. The molecule has 2 heterocycles. The molecule has 0 amide bonds. The highest BCUT2D eigenvalue weighted by Crippen LogP contribution is 2.50. The van der Waals surface area contributed by atoms with E-state index in [0.29, 0.717) is 0 Å². The van der Waals surface area contributed by atoms with E-state index in [1.54, 1.807) is 0 Å². The van der Waals surface area contributed by atoms with E-state index < -0.39 is 0 Å². The highest BCUT2D eigenvalue weighted by atomic mass is 15.0. The standard InChI is InChI=1S/C51H36N2/c1-51(2)44-17-9-6-14-39(44)40-29-28-38(32-45(40)51)53-46-18-10-7-15-41(46)42-30-31-48-49(50(42)53)43-16-8-11-19-47(43)52(48)37-26-24-36(25-27-37)35-22-20-34(21-23-35)33-12-4-3-5-13-33/h3-32H,1-2H3. The Morgan fingerprint density at radius 2 is 0.906 bits per heavy atom. The van der Waals surface area contributed by atoms with Crippen LogP contribution in [0.15, 0.2) is 182 Å². The molecule has 8 aromatic carbocycles. The fraction of sp³-hybridized carbons (Fsp3) is 0.0588. The van der Waals surface area contributed by atoms with Crippen molar-refractivity contribution in [1.82, 2.24) is 9.13 Å². The monoisotopic (exact) mass is 676 g/mol. The first-order valence-electron chi connectivity index (χ1n) is 18.5. The van der Waals surface area contributed by atoms with Crippen LogP contribution < -0.4 is 0 Å². The maximum absolute atomic E-state index is 2.52. The zero-order valence-electron chi connectivity index (χ0n) is 29.7. The zero-order chi connectivity index (χ0) is 35.3. The Hall–Kier alpha value is -6.64. The fourth-order valence-corrected chi connectivity index (χ4v) is 9.18. The topological polar surface area (TPSA) is 9.86 Å². The van der Waals surface area contributed by atoms with Crippen molar-refractivity contribution in [2.24, 2.45) is 0 Å². The highest BCUT2D eigenvalue weighted by molar-refractivity contribution is 6.26. The molecular formula is C51H36N2. The van der Waals surface area contributed by atoms with Gasteiger partial charge in [-0.05, 0) is 87.0 Å². The van der Waals surface area contributed by atoms with Gasteiger partial charge in [-0.2, -0.15) is 0 Å². The van der Waals surface area contributed by atoms with E-state index in [1.165, 1.54) is 93.8 Å². The molecule has 2 heteroatoms. The molecule has 250 valence electrons. The normalized spacial score (nSPS) is 13.2. The lowest BCUT2D eigenvalue weighted by atomic mass is 9.82. The number of fused-ring (bicyclic) bond motifs is 10. The number of hydrogen-bond donors (Lipinski definition) is 0. The number of aromatic nitrogens is 2. The highest BCUT2D eigenvalue weighted by Gasteiger charge is 2.35. The van der Waals surface area contributed by atoms with Crippen molar-refractivity contribution in [3.63, 3.8) is 0 Å². The van der Waals surface area contributed by atoms with Gasteiger partial charge in [0.2, 0.25) is 0 Å². The minimum atomic E-state index is -0.0812. The molecule has 0 unspecified atom stereocenters. The van der Waals surface area contributed by atoms with Crippen molar-refractivity contribution in [3.05, 3.63) is 193 Å².